The summed E-state index contributed by atoms with van der Waals surface area (Å²) in [5.41, 5.74) is 1.31. The molecule has 2 N–H and O–H groups in total. The fourth-order valence-corrected chi connectivity index (χ4v) is 2.99. The Balaban J connectivity index is 1.86. The van der Waals surface area contributed by atoms with Crippen molar-refractivity contribution in [2.24, 2.45) is 11.8 Å². The molecule has 0 spiro atoms. The first-order chi connectivity index (χ1) is 11.8. The van der Waals surface area contributed by atoms with Gasteiger partial charge in [0.1, 0.15) is 0 Å². The molecule has 25 heavy (non-hydrogen) atoms. The highest BCUT2D eigenvalue weighted by atomic mass is 16.2. The van der Waals surface area contributed by atoms with Crippen LogP contribution in [0.4, 0.5) is 11.4 Å². The minimum absolute atomic E-state index is 0.0315. The summed E-state index contributed by atoms with van der Waals surface area (Å²) < 4.78 is 0. The van der Waals surface area contributed by atoms with Crippen molar-refractivity contribution < 1.29 is 14.4 Å². The fourth-order valence-electron chi connectivity index (χ4n) is 2.99. The minimum atomic E-state index is -0.151. The maximum atomic E-state index is 12.5. The number of hydrogen-bond acceptors (Lipinski definition) is 3. The van der Waals surface area contributed by atoms with E-state index < -0.39 is 0 Å². The molecule has 136 valence electrons. The molecular weight excluding hydrogens is 318 g/mol. The van der Waals surface area contributed by atoms with Crippen LogP contribution in [0.3, 0.4) is 0 Å². The lowest BCUT2D eigenvalue weighted by molar-refractivity contribution is -0.135. The second kappa shape index (κ2) is 8.65. The van der Waals surface area contributed by atoms with Gasteiger partial charge < -0.3 is 15.5 Å². The lowest BCUT2D eigenvalue weighted by Gasteiger charge is -2.31. The molecule has 6 nitrogen and oxygen atoms in total. The second-order valence-corrected chi connectivity index (χ2v) is 7.00. The average Bonchev–Trinajstić information content (AvgIpc) is 2.54. The maximum Gasteiger partial charge on any atom is 0.227 e. The lowest BCUT2D eigenvalue weighted by atomic mass is 9.95. The number of hydrogen-bond donors (Lipinski definition) is 2. The summed E-state index contributed by atoms with van der Waals surface area (Å²) in [6.07, 6.45) is 1.93. The summed E-state index contributed by atoms with van der Waals surface area (Å²) in [6, 6.07) is 7.09. The molecule has 1 aliphatic rings. The molecular formula is C19H27N3O3. The summed E-state index contributed by atoms with van der Waals surface area (Å²) >= 11 is 0. The zero-order valence-electron chi connectivity index (χ0n) is 15.2. The number of likely N-dealkylation sites (tertiary alicyclic amines) is 1. The van der Waals surface area contributed by atoms with Crippen molar-refractivity contribution in [2.45, 2.75) is 40.0 Å². The first kappa shape index (κ1) is 19.0. The molecule has 0 aromatic heterocycles. The number of carbonyl (C=O) groups is 3. The van der Waals surface area contributed by atoms with Gasteiger partial charge in [0.2, 0.25) is 17.7 Å². The SMILES string of the molecule is CC(=O)Nc1cccc(NC(=O)C2CCN(C(=O)CC(C)C)CC2)c1. The maximum absolute atomic E-state index is 12.5. The molecule has 2 rings (SSSR count). The summed E-state index contributed by atoms with van der Waals surface area (Å²) in [5.74, 6) is 0.256. The molecule has 6 heteroatoms. The van der Waals surface area contributed by atoms with Gasteiger partial charge in [-0.05, 0) is 37.0 Å². The Kier molecular flexibility index (Phi) is 6.56. The van der Waals surface area contributed by atoms with Gasteiger partial charge >= 0.3 is 0 Å². The van der Waals surface area contributed by atoms with Crippen molar-refractivity contribution >= 4 is 29.1 Å². The van der Waals surface area contributed by atoms with Crippen LogP contribution in [0.2, 0.25) is 0 Å². The molecule has 1 aromatic rings. The van der Waals surface area contributed by atoms with E-state index in [1.807, 2.05) is 18.7 Å². The van der Waals surface area contributed by atoms with Crippen molar-refractivity contribution in [2.75, 3.05) is 23.7 Å². The molecule has 1 fully saturated rings. The summed E-state index contributed by atoms with van der Waals surface area (Å²) in [6.45, 7) is 6.78. The Morgan fingerprint density at radius 3 is 2.28 bits per heavy atom. The van der Waals surface area contributed by atoms with E-state index in [2.05, 4.69) is 10.6 Å². The van der Waals surface area contributed by atoms with E-state index in [1.165, 1.54) is 6.92 Å². The normalized spacial score (nSPS) is 15.1. The Morgan fingerprint density at radius 2 is 1.72 bits per heavy atom. The molecule has 1 aromatic carbocycles. The van der Waals surface area contributed by atoms with E-state index in [0.717, 1.165) is 0 Å². The van der Waals surface area contributed by atoms with Gasteiger partial charge in [0.25, 0.3) is 0 Å². The highest BCUT2D eigenvalue weighted by Crippen LogP contribution is 2.22. The molecule has 0 radical (unpaired) electrons. The van der Waals surface area contributed by atoms with E-state index in [9.17, 15) is 14.4 Å². The van der Waals surface area contributed by atoms with Gasteiger partial charge in [-0.3, -0.25) is 14.4 Å². The molecule has 0 aliphatic carbocycles. The Hall–Kier alpha value is -2.37. The lowest BCUT2D eigenvalue weighted by Crippen LogP contribution is -2.41. The van der Waals surface area contributed by atoms with Gasteiger partial charge in [-0.25, -0.2) is 0 Å². The van der Waals surface area contributed by atoms with Gasteiger partial charge in [0, 0.05) is 43.7 Å². The first-order valence-corrected chi connectivity index (χ1v) is 8.81. The van der Waals surface area contributed by atoms with Crippen molar-refractivity contribution in [3.05, 3.63) is 24.3 Å². The number of benzene rings is 1. The molecule has 1 aliphatic heterocycles. The molecule has 0 saturated carbocycles. The molecule has 0 bridgehead atoms. The van der Waals surface area contributed by atoms with Crippen molar-refractivity contribution in [3.63, 3.8) is 0 Å². The molecule has 1 heterocycles. The van der Waals surface area contributed by atoms with Crippen LogP contribution in [0.25, 0.3) is 0 Å². The number of rotatable bonds is 5. The van der Waals surface area contributed by atoms with Crippen LogP contribution >= 0.6 is 0 Å². The van der Waals surface area contributed by atoms with E-state index in [0.29, 0.717) is 49.6 Å². The second-order valence-electron chi connectivity index (χ2n) is 7.00. The van der Waals surface area contributed by atoms with E-state index in [-0.39, 0.29) is 23.6 Å². The zero-order chi connectivity index (χ0) is 18.4. The largest absolute Gasteiger partial charge is 0.343 e. The Morgan fingerprint density at radius 1 is 1.12 bits per heavy atom. The van der Waals surface area contributed by atoms with Crippen molar-refractivity contribution in [1.29, 1.82) is 0 Å². The number of carbonyl (C=O) groups excluding carboxylic acids is 3. The molecule has 3 amide bonds. The summed E-state index contributed by atoms with van der Waals surface area (Å²) in [4.78, 5) is 37.5. The monoisotopic (exact) mass is 345 g/mol. The Labute approximate surface area is 149 Å². The van der Waals surface area contributed by atoms with Crippen LogP contribution < -0.4 is 10.6 Å². The molecule has 0 unspecified atom stereocenters. The summed E-state index contributed by atoms with van der Waals surface area (Å²) in [5, 5.41) is 5.61. The fraction of sp³-hybridized carbons (Fsp3) is 0.526. The van der Waals surface area contributed by atoms with Crippen molar-refractivity contribution in [1.82, 2.24) is 4.90 Å². The zero-order valence-corrected chi connectivity index (χ0v) is 15.2. The van der Waals surface area contributed by atoms with Crippen LogP contribution in [-0.2, 0) is 14.4 Å². The number of piperidine rings is 1. The van der Waals surface area contributed by atoms with Crippen molar-refractivity contribution in [3.8, 4) is 0 Å². The van der Waals surface area contributed by atoms with E-state index >= 15 is 0 Å². The van der Waals surface area contributed by atoms with E-state index in [1.54, 1.807) is 24.3 Å². The smallest absolute Gasteiger partial charge is 0.227 e. The summed E-state index contributed by atoms with van der Waals surface area (Å²) in [7, 11) is 0. The number of nitrogens with zero attached hydrogens (tertiary/aromatic N) is 1. The molecule has 0 atom stereocenters. The van der Waals surface area contributed by atoms with Gasteiger partial charge in [-0.15, -0.1) is 0 Å². The van der Waals surface area contributed by atoms with Crippen LogP contribution in [-0.4, -0.2) is 35.7 Å². The highest BCUT2D eigenvalue weighted by molar-refractivity contribution is 5.94. The predicted octanol–water partition coefficient (Wildman–Crippen LogP) is 2.87. The number of anilines is 2. The minimum Gasteiger partial charge on any atom is -0.343 e. The first-order valence-electron chi connectivity index (χ1n) is 8.81. The van der Waals surface area contributed by atoms with Crippen LogP contribution in [0.1, 0.15) is 40.0 Å². The predicted molar refractivity (Wildman–Crippen MR) is 98.1 cm³/mol. The van der Waals surface area contributed by atoms with E-state index in [4.69, 9.17) is 0 Å². The topological polar surface area (TPSA) is 78.5 Å². The van der Waals surface area contributed by atoms with Crippen LogP contribution in [0.15, 0.2) is 24.3 Å². The highest BCUT2D eigenvalue weighted by Gasteiger charge is 2.27. The quantitative estimate of drug-likeness (QED) is 0.861. The third-order valence-corrected chi connectivity index (χ3v) is 4.25. The average molecular weight is 345 g/mol. The van der Waals surface area contributed by atoms with Crippen LogP contribution in [0, 0.1) is 11.8 Å². The number of amides is 3. The van der Waals surface area contributed by atoms with Gasteiger partial charge in [-0.2, -0.15) is 0 Å². The number of nitrogens with one attached hydrogen (secondary N) is 2. The Bertz CT molecular complexity index is 635. The standard InChI is InChI=1S/C19H27N3O3/c1-13(2)11-18(24)22-9-7-15(8-10-22)19(25)21-17-6-4-5-16(12-17)20-14(3)23/h4-6,12-13,15H,7-11H2,1-3H3,(H,20,23)(H,21,25). The molecule has 1 saturated heterocycles. The van der Waals surface area contributed by atoms with Crippen LogP contribution in [0.5, 0.6) is 0 Å². The third-order valence-electron chi connectivity index (χ3n) is 4.25. The van der Waals surface area contributed by atoms with Gasteiger partial charge in [-0.1, -0.05) is 19.9 Å². The van der Waals surface area contributed by atoms with Gasteiger partial charge in [0.05, 0.1) is 0 Å². The van der Waals surface area contributed by atoms with Gasteiger partial charge in [0.15, 0.2) is 0 Å². The third kappa shape index (κ3) is 5.89.